The third kappa shape index (κ3) is 5.73. The van der Waals surface area contributed by atoms with Crippen LogP contribution in [0.3, 0.4) is 0 Å². The van der Waals surface area contributed by atoms with Crippen molar-refractivity contribution >= 4 is 35.7 Å². The number of carbonyl (C=O) groups is 3. The summed E-state index contributed by atoms with van der Waals surface area (Å²) in [4.78, 5) is 53.9. The summed E-state index contributed by atoms with van der Waals surface area (Å²) in [5.41, 5.74) is 2.12. The molecule has 3 amide bonds. The smallest absolute Gasteiger partial charge is 0.408 e. The number of ether oxygens (including phenoxy) is 3. The summed E-state index contributed by atoms with van der Waals surface area (Å²) >= 11 is 0. The molecule has 0 spiro atoms. The second-order valence-corrected chi connectivity index (χ2v) is 10.9. The van der Waals surface area contributed by atoms with Crippen molar-refractivity contribution in [2.75, 3.05) is 13.7 Å². The molecule has 3 heterocycles. The summed E-state index contributed by atoms with van der Waals surface area (Å²) in [5, 5.41) is 2.65. The van der Waals surface area contributed by atoms with Gasteiger partial charge in [-0.15, -0.1) is 0 Å². The third-order valence-corrected chi connectivity index (χ3v) is 8.24. The monoisotopic (exact) mass is 551 g/mol. The molecule has 1 saturated carbocycles. The number of alkyl carbamates (subject to hydrolysis) is 1. The van der Waals surface area contributed by atoms with Gasteiger partial charge in [0.05, 0.1) is 24.7 Å². The Hall–Kier alpha value is -3.76. The predicted molar refractivity (Wildman–Crippen MR) is 147 cm³/mol. The Morgan fingerprint density at radius 3 is 2.75 bits per heavy atom. The number of benzene rings is 1. The van der Waals surface area contributed by atoms with Gasteiger partial charge in [-0.25, -0.2) is 19.8 Å². The maximum absolute atomic E-state index is 13.6. The van der Waals surface area contributed by atoms with Gasteiger partial charge in [-0.2, -0.15) is 0 Å². The standard InChI is InChI=1S/C29H37N5O6/c1-5-19-24-15-34(25(19)26(35)30-3)28(36)16(2)31-29(37)40-23-13-17(23)9-7-6-8-10-21-27(39-24)33-22-14-18(38-4)11-12-20(22)32-21/h11-12,14,16-17,19,23-25H,3,5-10,13,15H2,1-2,4H3,(H,31,37)/t16-,17+,19+,23+,24-,25-/m0/s1. The minimum atomic E-state index is -0.900. The van der Waals surface area contributed by atoms with Gasteiger partial charge in [0.1, 0.15) is 35.7 Å². The lowest BCUT2D eigenvalue weighted by molar-refractivity contribution is -0.139. The van der Waals surface area contributed by atoms with E-state index in [1.54, 1.807) is 14.0 Å². The number of fused-ring (bicyclic) bond motifs is 5. The number of aryl methyl sites for hydroxylation is 1. The summed E-state index contributed by atoms with van der Waals surface area (Å²) in [6.45, 7) is 7.08. The van der Waals surface area contributed by atoms with Crippen LogP contribution >= 0.6 is 0 Å². The van der Waals surface area contributed by atoms with Crippen LogP contribution in [-0.4, -0.2) is 77.4 Å². The normalized spacial score (nSPS) is 29.1. The summed E-state index contributed by atoms with van der Waals surface area (Å²) in [6, 6.07) is 3.78. The van der Waals surface area contributed by atoms with Gasteiger partial charge >= 0.3 is 6.09 Å². The number of rotatable bonds is 3. The largest absolute Gasteiger partial charge is 0.497 e. The maximum Gasteiger partial charge on any atom is 0.408 e. The van der Waals surface area contributed by atoms with Gasteiger partial charge in [-0.3, -0.25) is 9.59 Å². The van der Waals surface area contributed by atoms with Crippen LogP contribution in [0.4, 0.5) is 4.79 Å². The van der Waals surface area contributed by atoms with Crippen LogP contribution in [0.15, 0.2) is 23.2 Å². The van der Waals surface area contributed by atoms with Crippen molar-refractivity contribution < 1.29 is 28.6 Å². The summed E-state index contributed by atoms with van der Waals surface area (Å²) in [7, 11) is 1.60. The minimum Gasteiger partial charge on any atom is -0.497 e. The molecule has 3 aliphatic rings. The molecule has 2 aromatic rings. The zero-order chi connectivity index (χ0) is 28.4. The van der Waals surface area contributed by atoms with Crippen molar-refractivity contribution in [3.63, 3.8) is 0 Å². The van der Waals surface area contributed by atoms with Crippen LogP contribution < -0.4 is 14.8 Å². The maximum atomic E-state index is 13.6. The number of nitrogens with one attached hydrogen (secondary N) is 1. The van der Waals surface area contributed by atoms with E-state index in [9.17, 15) is 14.4 Å². The number of amides is 3. The minimum absolute atomic E-state index is 0.121. The van der Waals surface area contributed by atoms with Crippen LogP contribution in [0, 0.1) is 11.8 Å². The molecule has 1 aromatic heterocycles. The fourth-order valence-corrected chi connectivity index (χ4v) is 5.91. The molecule has 1 saturated heterocycles. The third-order valence-electron chi connectivity index (χ3n) is 8.24. The molecule has 0 radical (unpaired) electrons. The highest BCUT2D eigenvalue weighted by Gasteiger charge is 2.49. The molecule has 2 aliphatic heterocycles. The number of methoxy groups -OCH3 is 1. The van der Waals surface area contributed by atoms with Crippen molar-refractivity contribution in [2.45, 2.75) is 83.1 Å². The highest BCUT2D eigenvalue weighted by molar-refractivity contribution is 5.93. The first kappa shape index (κ1) is 27.8. The Balaban J connectivity index is 1.51. The fraction of sp³-hybridized carbons (Fsp3) is 0.586. The molecule has 5 rings (SSSR count). The highest BCUT2D eigenvalue weighted by atomic mass is 16.6. The molecule has 11 nitrogen and oxygen atoms in total. The lowest BCUT2D eigenvalue weighted by Crippen LogP contribution is -2.51. The zero-order valence-electron chi connectivity index (χ0n) is 23.3. The van der Waals surface area contributed by atoms with E-state index in [1.807, 2.05) is 25.1 Å². The Kier molecular flexibility index (Phi) is 8.18. The second-order valence-electron chi connectivity index (χ2n) is 10.9. The van der Waals surface area contributed by atoms with E-state index in [1.165, 1.54) is 4.90 Å². The molecule has 1 N–H and O–H groups in total. The van der Waals surface area contributed by atoms with Crippen LogP contribution in [0.25, 0.3) is 11.0 Å². The molecule has 6 atom stereocenters. The average molecular weight is 552 g/mol. The Morgan fingerprint density at radius 1 is 1.18 bits per heavy atom. The lowest BCUT2D eigenvalue weighted by atomic mass is 9.94. The molecule has 1 aromatic carbocycles. The first-order valence-corrected chi connectivity index (χ1v) is 14.1. The number of nitrogens with zero attached hydrogens (tertiary/aromatic N) is 4. The van der Waals surface area contributed by atoms with Crippen molar-refractivity contribution in [3.05, 3.63) is 23.9 Å². The summed E-state index contributed by atoms with van der Waals surface area (Å²) in [6.07, 6.45) is 4.68. The van der Waals surface area contributed by atoms with Crippen molar-refractivity contribution in [1.82, 2.24) is 20.2 Å². The topological polar surface area (TPSA) is 132 Å². The molecule has 2 bridgehead atoms. The zero-order valence-corrected chi connectivity index (χ0v) is 23.3. The quantitative estimate of drug-likeness (QED) is 0.574. The van der Waals surface area contributed by atoms with Gasteiger partial charge in [-0.1, -0.05) is 19.8 Å². The lowest BCUT2D eigenvalue weighted by Gasteiger charge is -2.27. The molecular weight excluding hydrogens is 514 g/mol. The van der Waals surface area contributed by atoms with Crippen LogP contribution in [0.2, 0.25) is 0 Å². The Labute approximate surface area is 233 Å². The van der Waals surface area contributed by atoms with E-state index in [-0.39, 0.29) is 18.6 Å². The highest BCUT2D eigenvalue weighted by Crippen LogP contribution is 2.39. The van der Waals surface area contributed by atoms with Gasteiger partial charge in [0.2, 0.25) is 11.8 Å². The molecule has 2 fully saturated rings. The number of hydrogen-bond donors (Lipinski definition) is 1. The SMILES string of the molecule is C=NC(=O)[C@@H]1[C@H](CC)[C@@H]2CN1C(=O)[C@H](C)NC(=O)O[C@@H]1C[C@H]1CCCCCc1nc3ccc(OC)cc3nc1O2. The van der Waals surface area contributed by atoms with E-state index in [2.05, 4.69) is 17.0 Å². The van der Waals surface area contributed by atoms with Gasteiger partial charge in [0.15, 0.2) is 0 Å². The predicted octanol–water partition coefficient (Wildman–Crippen LogP) is 3.47. The Morgan fingerprint density at radius 2 is 2.00 bits per heavy atom. The number of carbonyl (C=O) groups excluding carboxylic acids is 3. The van der Waals surface area contributed by atoms with Crippen LogP contribution in [0.1, 0.15) is 58.1 Å². The van der Waals surface area contributed by atoms with Crippen molar-refractivity contribution in [3.8, 4) is 11.6 Å². The van der Waals surface area contributed by atoms with Gasteiger partial charge in [0.25, 0.3) is 5.91 Å². The molecule has 1 aliphatic carbocycles. The second kappa shape index (κ2) is 11.8. The van der Waals surface area contributed by atoms with E-state index < -0.39 is 36.1 Å². The summed E-state index contributed by atoms with van der Waals surface area (Å²) in [5.74, 6) is 0.122. The first-order valence-electron chi connectivity index (χ1n) is 14.1. The molecular formula is C29H37N5O6. The fourth-order valence-electron chi connectivity index (χ4n) is 5.91. The van der Waals surface area contributed by atoms with E-state index in [0.29, 0.717) is 35.9 Å². The van der Waals surface area contributed by atoms with Gasteiger partial charge in [0, 0.05) is 12.0 Å². The van der Waals surface area contributed by atoms with E-state index in [4.69, 9.17) is 24.2 Å². The molecule has 0 unspecified atom stereocenters. The van der Waals surface area contributed by atoms with E-state index >= 15 is 0 Å². The average Bonchev–Trinajstić information content (AvgIpc) is 3.58. The van der Waals surface area contributed by atoms with Crippen molar-refractivity contribution in [2.24, 2.45) is 16.8 Å². The van der Waals surface area contributed by atoms with Crippen LogP contribution in [0.5, 0.6) is 11.6 Å². The van der Waals surface area contributed by atoms with E-state index in [0.717, 1.165) is 43.3 Å². The molecule has 214 valence electrons. The van der Waals surface area contributed by atoms with Gasteiger partial charge in [-0.05, 0) is 63.8 Å². The number of aliphatic imine (C=N–C) groups is 1. The Bertz CT molecular complexity index is 1300. The number of aromatic nitrogens is 2. The van der Waals surface area contributed by atoms with Gasteiger partial charge < -0.3 is 24.4 Å². The molecule has 40 heavy (non-hydrogen) atoms. The van der Waals surface area contributed by atoms with Crippen LogP contribution in [-0.2, 0) is 20.7 Å². The van der Waals surface area contributed by atoms with Crippen molar-refractivity contribution in [1.29, 1.82) is 0 Å². The summed E-state index contributed by atoms with van der Waals surface area (Å²) < 4.78 is 17.5. The number of hydrogen-bond acceptors (Lipinski definition) is 8. The first-order chi connectivity index (χ1) is 19.3. The molecule has 11 heteroatoms.